The van der Waals surface area contributed by atoms with Crippen molar-refractivity contribution in [1.82, 2.24) is 0 Å². The number of hydrogen-bond acceptors (Lipinski definition) is 9. The molecule has 1 aromatic rings. The summed E-state index contributed by atoms with van der Waals surface area (Å²) in [6, 6.07) is 0. The van der Waals surface area contributed by atoms with Crippen LogP contribution in [0.3, 0.4) is 0 Å². The molecule has 1 heterocycles. The Morgan fingerprint density at radius 1 is 0.694 bits per heavy atom. The quantitative estimate of drug-likeness (QED) is 0.0164. The molecule has 11 nitrogen and oxygen atoms in total. The summed E-state index contributed by atoms with van der Waals surface area (Å²) < 4.78 is 40.5. The minimum Gasteiger partial charge on any atom is -0.466 e. The summed E-state index contributed by atoms with van der Waals surface area (Å²) >= 11 is 0. The molecule has 1 aromatic heterocycles. The number of rotatable bonds is 39. The van der Waals surface area contributed by atoms with Crippen LogP contribution in [-0.4, -0.2) is 86.1 Å². The van der Waals surface area contributed by atoms with Crippen LogP contribution in [0.2, 0.25) is 0 Å². The van der Waals surface area contributed by atoms with E-state index in [0.29, 0.717) is 36.7 Å². The fourth-order valence-electron chi connectivity index (χ4n) is 6.56. The number of likely N-dealkylation sites (N-methyl/N-ethyl adjacent to an activating group) is 1. The van der Waals surface area contributed by atoms with E-state index in [1.54, 1.807) is 12.2 Å². The lowest BCUT2D eigenvalue weighted by molar-refractivity contribution is -0.870. The largest absolute Gasteiger partial charge is 0.472 e. The molecule has 0 amide bonds. The van der Waals surface area contributed by atoms with Gasteiger partial charge in [-0.05, 0) is 82.8 Å². The van der Waals surface area contributed by atoms with Gasteiger partial charge < -0.3 is 28.4 Å². The fourth-order valence-corrected chi connectivity index (χ4v) is 7.30. The lowest BCUT2D eigenvalue weighted by Crippen LogP contribution is -2.37. The van der Waals surface area contributed by atoms with Crippen LogP contribution in [0.1, 0.15) is 171 Å². The number of esters is 2. The number of ether oxygens (including phenoxy) is 2. The maximum Gasteiger partial charge on any atom is 0.472 e. The highest BCUT2D eigenvalue weighted by Crippen LogP contribution is 2.43. The second kappa shape index (κ2) is 35.5. The molecule has 0 saturated carbocycles. The van der Waals surface area contributed by atoms with Crippen LogP contribution >= 0.6 is 7.82 Å². The molecule has 1 rings (SSSR count). The average Bonchev–Trinajstić information content (AvgIpc) is 3.48. The zero-order valence-electron chi connectivity index (χ0n) is 39.9. The van der Waals surface area contributed by atoms with Crippen LogP contribution in [-0.2, 0) is 45.5 Å². The standard InChI is InChI=1S/C50H86NO10P/c1-8-10-12-13-14-15-18-22-28-33-45(52)34-29-23-21-26-32-38-50(54)60-46(42-59-62(55,56)58-40-39-51(5,6)7)41-57-49(53)37-31-25-20-17-16-19-24-30-36-48-44(4)43(3)47(61-48)35-27-11-9-2/h14-15,21-23,28-29,34,45-46,52H,8-13,16-20,24-27,30-33,35-42H2,1-7H3/p+1/b15-14-,23-21+,28-22-,34-29-/t45?,46-/m1/s1. The molecule has 0 spiro atoms. The minimum atomic E-state index is -4.43. The van der Waals surface area contributed by atoms with Crippen LogP contribution in [0.15, 0.2) is 53.0 Å². The first kappa shape index (κ1) is 57.2. The number of nitrogens with zero attached hydrogens (tertiary/aromatic N) is 1. The topological polar surface area (TPSA) is 142 Å². The number of phosphoric acid groups is 1. The Kier molecular flexibility index (Phi) is 32.8. The Morgan fingerprint density at radius 3 is 1.94 bits per heavy atom. The van der Waals surface area contributed by atoms with Gasteiger partial charge in [0.2, 0.25) is 0 Å². The molecule has 356 valence electrons. The van der Waals surface area contributed by atoms with E-state index in [1.807, 2.05) is 39.4 Å². The molecule has 0 bridgehead atoms. The number of carbonyl (C=O) groups excluding carboxylic acids is 2. The first-order chi connectivity index (χ1) is 29.7. The van der Waals surface area contributed by atoms with E-state index in [4.69, 9.17) is 22.9 Å². The molecule has 0 fully saturated rings. The van der Waals surface area contributed by atoms with Crippen molar-refractivity contribution in [3.8, 4) is 0 Å². The molecule has 0 aliphatic rings. The van der Waals surface area contributed by atoms with Gasteiger partial charge in [-0.1, -0.05) is 127 Å². The van der Waals surface area contributed by atoms with E-state index in [-0.39, 0.29) is 26.1 Å². The highest BCUT2D eigenvalue weighted by molar-refractivity contribution is 7.47. The Hall–Kier alpha value is -2.79. The minimum absolute atomic E-state index is 0.00218. The lowest BCUT2D eigenvalue weighted by atomic mass is 10.0. The van der Waals surface area contributed by atoms with Crippen molar-refractivity contribution in [1.29, 1.82) is 0 Å². The van der Waals surface area contributed by atoms with Crippen molar-refractivity contribution in [2.45, 2.75) is 188 Å². The van der Waals surface area contributed by atoms with Gasteiger partial charge in [-0.15, -0.1) is 0 Å². The summed E-state index contributed by atoms with van der Waals surface area (Å²) in [7, 11) is 1.36. The van der Waals surface area contributed by atoms with Crippen LogP contribution < -0.4 is 0 Å². The molecule has 0 aromatic carbocycles. The van der Waals surface area contributed by atoms with Crippen molar-refractivity contribution in [3.63, 3.8) is 0 Å². The van der Waals surface area contributed by atoms with E-state index in [9.17, 15) is 24.2 Å². The van der Waals surface area contributed by atoms with Crippen LogP contribution in [0.5, 0.6) is 0 Å². The Bertz CT molecular complexity index is 1490. The van der Waals surface area contributed by atoms with E-state index >= 15 is 0 Å². The molecule has 2 N–H and O–H groups in total. The highest BCUT2D eigenvalue weighted by atomic mass is 31.2. The maximum absolute atomic E-state index is 12.7. The number of allylic oxidation sites excluding steroid dienone is 6. The number of unbranched alkanes of at least 4 members (excludes halogenated alkanes) is 13. The predicted molar refractivity (Wildman–Crippen MR) is 252 cm³/mol. The monoisotopic (exact) mass is 893 g/mol. The van der Waals surface area contributed by atoms with Crippen molar-refractivity contribution in [2.75, 3.05) is 47.5 Å². The molecule has 0 aliphatic heterocycles. The molecule has 0 aliphatic carbocycles. The molecule has 0 saturated heterocycles. The molecule has 12 heteroatoms. The zero-order valence-corrected chi connectivity index (χ0v) is 40.8. The first-order valence-electron chi connectivity index (χ1n) is 23.8. The summed E-state index contributed by atoms with van der Waals surface area (Å²) in [6.45, 7) is 8.52. The van der Waals surface area contributed by atoms with Crippen molar-refractivity contribution in [2.24, 2.45) is 0 Å². The summed E-state index contributed by atoms with van der Waals surface area (Å²) in [5.74, 6) is 1.37. The Balaban J connectivity index is 2.41. The van der Waals surface area contributed by atoms with Crippen LogP contribution in [0.4, 0.5) is 0 Å². The summed E-state index contributed by atoms with van der Waals surface area (Å²) in [5.41, 5.74) is 2.65. The average molecular weight is 893 g/mol. The van der Waals surface area contributed by atoms with E-state index in [2.05, 4.69) is 45.9 Å². The second-order valence-corrected chi connectivity index (χ2v) is 19.0. The smallest absolute Gasteiger partial charge is 0.466 e. The number of aliphatic hydroxyl groups excluding tert-OH is 1. The number of phosphoric ester groups is 1. The van der Waals surface area contributed by atoms with Gasteiger partial charge in [0.25, 0.3) is 0 Å². The normalized spacial score (nSPS) is 14.4. The van der Waals surface area contributed by atoms with Gasteiger partial charge in [0.15, 0.2) is 6.10 Å². The first-order valence-corrected chi connectivity index (χ1v) is 25.3. The zero-order chi connectivity index (χ0) is 45.9. The van der Waals surface area contributed by atoms with Gasteiger partial charge in [-0.2, -0.15) is 0 Å². The lowest BCUT2D eigenvalue weighted by Gasteiger charge is -2.24. The van der Waals surface area contributed by atoms with Gasteiger partial charge >= 0.3 is 19.8 Å². The maximum atomic E-state index is 12.7. The molecular weight excluding hydrogens is 806 g/mol. The summed E-state index contributed by atoms with van der Waals surface area (Å²) in [4.78, 5) is 35.5. The Labute approximate surface area is 376 Å². The summed E-state index contributed by atoms with van der Waals surface area (Å²) in [5, 5.41) is 10.2. The van der Waals surface area contributed by atoms with Crippen molar-refractivity contribution >= 4 is 19.8 Å². The van der Waals surface area contributed by atoms with Gasteiger partial charge in [0.1, 0.15) is 31.3 Å². The third-order valence-electron chi connectivity index (χ3n) is 10.6. The number of carbonyl (C=O) groups is 2. The highest BCUT2D eigenvalue weighted by Gasteiger charge is 2.27. The van der Waals surface area contributed by atoms with E-state index in [0.717, 1.165) is 63.5 Å². The van der Waals surface area contributed by atoms with Crippen molar-refractivity contribution < 1.29 is 51.6 Å². The number of furan rings is 1. The third kappa shape index (κ3) is 32.0. The fraction of sp³-hybridized carbons (Fsp3) is 0.720. The molecule has 62 heavy (non-hydrogen) atoms. The molecule has 0 radical (unpaired) electrons. The van der Waals surface area contributed by atoms with E-state index in [1.165, 1.54) is 68.3 Å². The molecule has 2 unspecified atom stereocenters. The predicted octanol–water partition coefficient (Wildman–Crippen LogP) is 12.1. The second-order valence-electron chi connectivity index (χ2n) is 17.6. The van der Waals surface area contributed by atoms with E-state index < -0.39 is 38.6 Å². The molecule has 3 atom stereocenters. The van der Waals surface area contributed by atoms with Gasteiger partial charge in [-0.3, -0.25) is 18.6 Å². The molecular formula is C50H87NO10P+. The Morgan fingerprint density at radius 2 is 1.27 bits per heavy atom. The van der Waals surface area contributed by atoms with Crippen LogP contribution in [0.25, 0.3) is 0 Å². The number of hydrogen-bond donors (Lipinski definition) is 2. The van der Waals surface area contributed by atoms with Gasteiger partial charge in [-0.25, -0.2) is 4.57 Å². The SMILES string of the molecule is CCCCC/C=C\C/C=C\CC(O)/C=C\C=C\CCCC(=O)O[C@H](COC(=O)CCCCCCCCCCc1oc(CCCCC)c(C)c1C)COP(=O)(O)OCC[N+](C)(C)C. The number of aryl methyl sites for hydroxylation is 2. The van der Waals surface area contributed by atoms with Crippen molar-refractivity contribution in [3.05, 3.63) is 71.3 Å². The number of quaternary nitrogens is 1. The third-order valence-corrected chi connectivity index (χ3v) is 11.6. The van der Waals surface area contributed by atoms with Gasteiger partial charge in [0.05, 0.1) is 33.9 Å². The number of aliphatic hydroxyl groups is 1. The van der Waals surface area contributed by atoms with Gasteiger partial charge in [0, 0.05) is 25.7 Å². The van der Waals surface area contributed by atoms with Crippen LogP contribution in [0, 0.1) is 13.8 Å². The summed E-state index contributed by atoms with van der Waals surface area (Å²) in [6.07, 6.45) is 35.8.